The second kappa shape index (κ2) is 9.34. The highest BCUT2D eigenvalue weighted by Crippen LogP contribution is 2.21. The highest BCUT2D eigenvalue weighted by molar-refractivity contribution is 5.83. The van der Waals surface area contributed by atoms with Crippen LogP contribution in [0.5, 0.6) is 0 Å². The van der Waals surface area contributed by atoms with Crippen molar-refractivity contribution in [1.29, 1.82) is 0 Å². The van der Waals surface area contributed by atoms with Gasteiger partial charge in [-0.3, -0.25) is 14.4 Å². The number of hydrogen-bond donors (Lipinski definition) is 0. The van der Waals surface area contributed by atoms with E-state index in [9.17, 15) is 4.79 Å². The third-order valence-electron chi connectivity index (χ3n) is 5.30. The Labute approximate surface area is 171 Å². The standard InChI is InChI=1S/C24H26N4O/c29-24(23(28-16-8-14-25-28)22-12-5-2-6-13-22)27-19-17-26(18-20-27)15-7-11-21-9-3-1-4-10-21/h1-14,16,23H,15,17-20H2/b11-7+. The minimum Gasteiger partial charge on any atom is -0.338 e. The Morgan fingerprint density at radius 2 is 1.62 bits per heavy atom. The van der Waals surface area contributed by atoms with Crippen LogP contribution in [0.4, 0.5) is 0 Å². The van der Waals surface area contributed by atoms with Crippen LogP contribution in [0.2, 0.25) is 0 Å². The molecule has 4 rings (SSSR count). The molecule has 3 aromatic rings. The first-order valence-corrected chi connectivity index (χ1v) is 10.1. The summed E-state index contributed by atoms with van der Waals surface area (Å²) < 4.78 is 1.76. The third kappa shape index (κ3) is 4.81. The summed E-state index contributed by atoms with van der Waals surface area (Å²) in [6.45, 7) is 4.14. The number of piperazine rings is 1. The molecule has 1 fully saturated rings. The number of benzene rings is 2. The first-order valence-electron chi connectivity index (χ1n) is 10.1. The van der Waals surface area contributed by atoms with Crippen molar-refractivity contribution in [2.24, 2.45) is 0 Å². The maximum atomic E-state index is 13.3. The van der Waals surface area contributed by atoms with Crippen molar-refractivity contribution >= 4 is 12.0 Å². The molecule has 29 heavy (non-hydrogen) atoms. The summed E-state index contributed by atoms with van der Waals surface area (Å²) in [5, 5.41) is 4.34. The average molecular weight is 386 g/mol. The van der Waals surface area contributed by atoms with E-state index in [1.165, 1.54) is 5.56 Å². The maximum Gasteiger partial charge on any atom is 0.252 e. The Morgan fingerprint density at radius 3 is 2.28 bits per heavy atom. The second-order valence-corrected chi connectivity index (χ2v) is 7.24. The van der Waals surface area contributed by atoms with Gasteiger partial charge in [-0.2, -0.15) is 5.10 Å². The molecule has 0 aliphatic carbocycles. The highest BCUT2D eigenvalue weighted by Gasteiger charge is 2.29. The zero-order valence-corrected chi connectivity index (χ0v) is 16.5. The summed E-state index contributed by atoms with van der Waals surface area (Å²) in [6.07, 6.45) is 7.93. The van der Waals surface area contributed by atoms with Crippen LogP contribution in [0.3, 0.4) is 0 Å². The van der Waals surface area contributed by atoms with E-state index in [1.54, 1.807) is 10.9 Å². The lowest BCUT2D eigenvalue weighted by molar-refractivity contribution is -0.135. The highest BCUT2D eigenvalue weighted by atomic mass is 16.2. The summed E-state index contributed by atoms with van der Waals surface area (Å²) in [5.74, 6) is 0.111. The number of carbonyl (C=O) groups excluding carboxylic acids is 1. The molecular formula is C24H26N4O. The first kappa shape index (κ1) is 19.2. The molecule has 1 aromatic heterocycles. The Morgan fingerprint density at radius 1 is 0.931 bits per heavy atom. The van der Waals surface area contributed by atoms with Crippen LogP contribution in [-0.2, 0) is 4.79 Å². The fourth-order valence-corrected chi connectivity index (χ4v) is 3.70. The Kier molecular flexibility index (Phi) is 6.17. The Bertz CT molecular complexity index is 914. The van der Waals surface area contributed by atoms with Crippen molar-refractivity contribution in [2.45, 2.75) is 6.04 Å². The number of aromatic nitrogens is 2. The van der Waals surface area contributed by atoms with Gasteiger partial charge in [0.1, 0.15) is 0 Å². The fraction of sp³-hybridized carbons (Fsp3) is 0.250. The summed E-state index contributed by atoms with van der Waals surface area (Å²) in [4.78, 5) is 17.7. The molecule has 5 nitrogen and oxygen atoms in total. The second-order valence-electron chi connectivity index (χ2n) is 7.24. The summed E-state index contributed by atoms with van der Waals surface area (Å²) >= 11 is 0. The molecule has 1 aliphatic heterocycles. The van der Waals surface area contributed by atoms with Crippen LogP contribution in [-0.4, -0.2) is 58.2 Å². The largest absolute Gasteiger partial charge is 0.338 e. The van der Waals surface area contributed by atoms with E-state index < -0.39 is 6.04 Å². The SMILES string of the molecule is O=C(C(c1ccccc1)n1cccn1)N1CCN(C/C=C/c2ccccc2)CC1. The first-order chi connectivity index (χ1) is 14.3. The zero-order valence-electron chi connectivity index (χ0n) is 16.5. The smallest absolute Gasteiger partial charge is 0.252 e. The lowest BCUT2D eigenvalue weighted by Gasteiger charge is -2.36. The van der Waals surface area contributed by atoms with Gasteiger partial charge in [-0.1, -0.05) is 72.8 Å². The van der Waals surface area contributed by atoms with Gasteiger partial charge in [0, 0.05) is 45.1 Å². The molecule has 2 aromatic carbocycles. The molecule has 5 heteroatoms. The molecule has 1 unspecified atom stereocenters. The topological polar surface area (TPSA) is 41.4 Å². The van der Waals surface area contributed by atoms with Gasteiger partial charge in [0.15, 0.2) is 6.04 Å². The van der Waals surface area contributed by atoms with E-state index in [0.29, 0.717) is 0 Å². The predicted octanol–water partition coefficient (Wildman–Crippen LogP) is 3.33. The van der Waals surface area contributed by atoms with Crippen molar-refractivity contribution in [3.05, 3.63) is 96.3 Å². The van der Waals surface area contributed by atoms with Crippen molar-refractivity contribution in [3.63, 3.8) is 0 Å². The quantitative estimate of drug-likeness (QED) is 0.653. The van der Waals surface area contributed by atoms with E-state index in [-0.39, 0.29) is 5.91 Å². The van der Waals surface area contributed by atoms with Crippen LogP contribution in [0.25, 0.3) is 6.08 Å². The van der Waals surface area contributed by atoms with Gasteiger partial charge >= 0.3 is 0 Å². The lowest BCUT2D eigenvalue weighted by Crippen LogP contribution is -2.50. The maximum absolute atomic E-state index is 13.3. The molecule has 0 saturated carbocycles. The molecule has 148 valence electrons. The van der Waals surface area contributed by atoms with E-state index in [0.717, 1.165) is 38.3 Å². The molecule has 0 N–H and O–H groups in total. The molecule has 0 spiro atoms. The van der Waals surface area contributed by atoms with Crippen molar-refractivity contribution in [3.8, 4) is 0 Å². The van der Waals surface area contributed by atoms with Gasteiger partial charge in [0.05, 0.1) is 0 Å². The van der Waals surface area contributed by atoms with E-state index in [4.69, 9.17) is 0 Å². The zero-order chi connectivity index (χ0) is 19.9. The molecule has 1 saturated heterocycles. The van der Waals surface area contributed by atoms with Gasteiger partial charge in [-0.15, -0.1) is 0 Å². The third-order valence-corrected chi connectivity index (χ3v) is 5.30. The number of amides is 1. The average Bonchev–Trinajstić information content (AvgIpc) is 3.30. The van der Waals surface area contributed by atoms with Gasteiger partial charge in [-0.05, 0) is 17.2 Å². The van der Waals surface area contributed by atoms with Crippen molar-refractivity contribution in [1.82, 2.24) is 19.6 Å². The number of carbonyl (C=O) groups is 1. The Balaban J connectivity index is 1.37. The van der Waals surface area contributed by atoms with E-state index in [1.807, 2.05) is 65.7 Å². The molecule has 2 heterocycles. The van der Waals surface area contributed by atoms with Gasteiger partial charge in [0.2, 0.25) is 0 Å². The van der Waals surface area contributed by atoms with E-state index in [2.05, 4.69) is 34.3 Å². The minimum absolute atomic E-state index is 0.111. The summed E-state index contributed by atoms with van der Waals surface area (Å²) in [5.41, 5.74) is 2.18. The van der Waals surface area contributed by atoms with Crippen LogP contribution < -0.4 is 0 Å². The van der Waals surface area contributed by atoms with E-state index >= 15 is 0 Å². The molecule has 0 bridgehead atoms. The molecule has 0 radical (unpaired) electrons. The number of nitrogens with zero attached hydrogens (tertiary/aromatic N) is 4. The normalized spacial score (nSPS) is 16.2. The van der Waals surface area contributed by atoms with Gasteiger partial charge in [-0.25, -0.2) is 0 Å². The Hall–Kier alpha value is -3.18. The fourth-order valence-electron chi connectivity index (χ4n) is 3.70. The van der Waals surface area contributed by atoms with Crippen LogP contribution in [0.1, 0.15) is 17.2 Å². The molecule has 1 aliphatic rings. The van der Waals surface area contributed by atoms with Crippen LogP contribution in [0.15, 0.2) is 85.2 Å². The summed E-state index contributed by atoms with van der Waals surface area (Å²) in [7, 11) is 0. The van der Waals surface area contributed by atoms with Crippen LogP contribution in [0, 0.1) is 0 Å². The monoisotopic (exact) mass is 386 g/mol. The lowest BCUT2D eigenvalue weighted by atomic mass is 10.1. The molecular weight excluding hydrogens is 360 g/mol. The molecule has 1 amide bonds. The van der Waals surface area contributed by atoms with Gasteiger partial charge < -0.3 is 4.90 Å². The number of rotatable bonds is 6. The van der Waals surface area contributed by atoms with Gasteiger partial charge in [0.25, 0.3) is 5.91 Å². The van der Waals surface area contributed by atoms with Crippen LogP contribution >= 0.6 is 0 Å². The number of hydrogen-bond acceptors (Lipinski definition) is 3. The van der Waals surface area contributed by atoms with Crippen molar-refractivity contribution in [2.75, 3.05) is 32.7 Å². The minimum atomic E-state index is -0.407. The van der Waals surface area contributed by atoms with Crippen molar-refractivity contribution < 1.29 is 4.79 Å². The summed E-state index contributed by atoms with van der Waals surface area (Å²) in [6, 6.07) is 21.7. The predicted molar refractivity (Wildman–Crippen MR) is 115 cm³/mol. The molecule has 1 atom stereocenters.